The summed E-state index contributed by atoms with van der Waals surface area (Å²) < 4.78 is 27.8. The highest BCUT2D eigenvalue weighted by Crippen LogP contribution is 2.28. The number of carbonyl (C=O) groups excluding carboxylic acids is 1. The topological polar surface area (TPSA) is 122 Å². The maximum Gasteiger partial charge on any atom is 0.270 e. The van der Waals surface area contributed by atoms with E-state index in [1.165, 1.54) is 53.0 Å². The summed E-state index contributed by atoms with van der Waals surface area (Å²) >= 11 is 11.9. The zero-order valence-corrected chi connectivity index (χ0v) is 19.8. The lowest BCUT2D eigenvalue weighted by Gasteiger charge is -2.32. The second-order valence-corrected chi connectivity index (χ2v) is 10.3. The molecule has 9 nitrogen and oxygen atoms in total. The molecule has 176 valence electrons. The van der Waals surface area contributed by atoms with Crippen molar-refractivity contribution in [2.75, 3.05) is 6.54 Å². The number of nitrogens with one attached hydrogen (secondary N) is 1. The summed E-state index contributed by atoms with van der Waals surface area (Å²) in [6, 6.07) is 9.31. The van der Waals surface area contributed by atoms with E-state index in [-0.39, 0.29) is 27.2 Å². The lowest BCUT2D eigenvalue weighted by atomic mass is 9.95. The first-order chi connectivity index (χ1) is 15.7. The van der Waals surface area contributed by atoms with Crippen molar-refractivity contribution in [2.24, 2.45) is 5.10 Å². The Morgan fingerprint density at radius 2 is 1.82 bits per heavy atom. The first kappa shape index (κ1) is 25.1. The Labute approximate surface area is 201 Å². The van der Waals surface area contributed by atoms with Crippen LogP contribution in [0.25, 0.3) is 0 Å². The summed E-state index contributed by atoms with van der Waals surface area (Å²) in [6.07, 6.45) is 5.27. The normalized spacial score (nSPS) is 15.1. The van der Waals surface area contributed by atoms with Gasteiger partial charge in [-0.2, -0.15) is 9.41 Å². The highest BCUT2D eigenvalue weighted by Gasteiger charge is 2.34. The monoisotopic (exact) mass is 512 g/mol. The summed E-state index contributed by atoms with van der Waals surface area (Å²) in [7, 11) is -3.95. The van der Waals surface area contributed by atoms with E-state index in [1.54, 1.807) is 0 Å². The van der Waals surface area contributed by atoms with Gasteiger partial charge in [-0.3, -0.25) is 14.9 Å². The van der Waals surface area contributed by atoms with Crippen molar-refractivity contribution in [1.82, 2.24) is 9.73 Å². The van der Waals surface area contributed by atoms with Crippen LogP contribution in [0.3, 0.4) is 0 Å². The highest BCUT2D eigenvalue weighted by molar-refractivity contribution is 7.89. The lowest BCUT2D eigenvalue weighted by molar-refractivity contribution is -0.384. The van der Waals surface area contributed by atoms with E-state index in [2.05, 4.69) is 10.5 Å². The molecule has 0 unspecified atom stereocenters. The maximum absolute atomic E-state index is 13.3. The highest BCUT2D eigenvalue weighted by atomic mass is 35.5. The summed E-state index contributed by atoms with van der Waals surface area (Å²) in [5.74, 6) is -0.643. The van der Waals surface area contributed by atoms with Gasteiger partial charge in [0, 0.05) is 33.8 Å². The van der Waals surface area contributed by atoms with Crippen molar-refractivity contribution in [1.29, 1.82) is 0 Å². The van der Waals surface area contributed by atoms with Crippen LogP contribution in [0.2, 0.25) is 10.0 Å². The molecule has 12 heteroatoms. The fourth-order valence-corrected chi connectivity index (χ4v) is 5.55. The van der Waals surface area contributed by atoms with Crippen LogP contribution in [0.4, 0.5) is 5.69 Å². The van der Waals surface area contributed by atoms with Gasteiger partial charge in [-0.05, 0) is 43.2 Å². The first-order valence-electron chi connectivity index (χ1n) is 10.2. The number of rotatable bonds is 8. The van der Waals surface area contributed by atoms with Crippen LogP contribution in [0, 0.1) is 10.1 Å². The van der Waals surface area contributed by atoms with E-state index >= 15 is 0 Å². The summed E-state index contributed by atoms with van der Waals surface area (Å²) in [6.45, 7) is -0.421. The van der Waals surface area contributed by atoms with Gasteiger partial charge in [-0.1, -0.05) is 42.5 Å². The number of nitrogens with zero attached hydrogens (tertiary/aromatic N) is 3. The van der Waals surface area contributed by atoms with Crippen molar-refractivity contribution in [2.45, 2.75) is 43.0 Å². The number of nitro groups is 1. The van der Waals surface area contributed by atoms with E-state index in [0.29, 0.717) is 17.9 Å². The minimum atomic E-state index is -3.95. The van der Waals surface area contributed by atoms with Gasteiger partial charge in [-0.25, -0.2) is 13.8 Å². The number of halogens is 2. The van der Waals surface area contributed by atoms with Crippen molar-refractivity contribution in [3.63, 3.8) is 0 Å². The Morgan fingerprint density at radius 3 is 2.45 bits per heavy atom. The number of nitro benzene ring substituents is 1. The van der Waals surface area contributed by atoms with Crippen LogP contribution in [-0.2, 0) is 14.8 Å². The summed E-state index contributed by atoms with van der Waals surface area (Å²) in [5.41, 5.74) is 2.35. The molecule has 1 amide bonds. The van der Waals surface area contributed by atoms with Crippen LogP contribution < -0.4 is 5.43 Å². The molecule has 0 aliphatic heterocycles. The molecule has 1 aliphatic rings. The van der Waals surface area contributed by atoms with Gasteiger partial charge in [-0.15, -0.1) is 0 Å². The van der Waals surface area contributed by atoms with Gasteiger partial charge in [0.25, 0.3) is 11.6 Å². The predicted molar refractivity (Wildman–Crippen MR) is 126 cm³/mol. The molecule has 1 aliphatic carbocycles. The van der Waals surface area contributed by atoms with E-state index in [1.807, 2.05) is 0 Å². The van der Waals surface area contributed by atoms with Gasteiger partial charge in [0.2, 0.25) is 10.0 Å². The molecule has 2 aromatic rings. The summed E-state index contributed by atoms with van der Waals surface area (Å²) in [4.78, 5) is 23.0. The molecule has 1 fully saturated rings. The maximum atomic E-state index is 13.3. The molecule has 0 heterocycles. The molecule has 0 bridgehead atoms. The molecule has 1 N–H and O–H groups in total. The van der Waals surface area contributed by atoms with E-state index in [9.17, 15) is 23.3 Å². The number of hydrogen-bond acceptors (Lipinski definition) is 6. The molecule has 0 atom stereocenters. The fourth-order valence-electron chi connectivity index (χ4n) is 3.62. The number of sulfonamides is 1. The number of benzene rings is 2. The van der Waals surface area contributed by atoms with E-state index < -0.39 is 27.4 Å². The van der Waals surface area contributed by atoms with Gasteiger partial charge in [0.1, 0.15) is 0 Å². The molecule has 2 aromatic carbocycles. The number of amides is 1. The quantitative estimate of drug-likeness (QED) is 0.319. The number of hydrazone groups is 1. The molecule has 33 heavy (non-hydrogen) atoms. The van der Waals surface area contributed by atoms with E-state index in [0.717, 1.165) is 19.3 Å². The molecule has 0 saturated heterocycles. The molecular weight excluding hydrogens is 491 g/mol. The smallest absolute Gasteiger partial charge is 0.270 e. The van der Waals surface area contributed by atoms with Gasteiger partial charge < -0.3 is 0 Å². The Hall–Kier alpha value is -2.53. The van der Waals surface area contributed by atoms with Gasteiger partial charge in [0.15, 0.2) is 0 Å². The molecule has 3 rings (SSSR count). The Balaban J connectivity index is 1.76. The molecular formula is C21H22Cl2N4O5S. The van der Waals surface area contributed by atoms with Crippen molar-refractivity contribution >= 4 is 51.0 Å². The minimum Gasteiger partial charge on any atom is -0.272 e. The van der Waals surface area contributed by atoms with Gasteiger partial charge >= 0.3 is 0 Å². The third-order valence-electron chi connectivity index (χ3n) is 5.28. The van der Waals surface area contributed by atoms with Gasteiger partial charge in [0.05, 0.1) is 22.6 Å². The lowest BCUT2D eigenvalue weighted by Crippen LogP contribution is -2.46. The second kappa shape index (κ2) is 11.1. The second-order valence-electron chi connectivity index (χ2n) is 7.55. The third kappa shape index (κ3) is 6.50. The van der Waals surface area contributed by atoms with Crippen molar-refractivity contribution in [3.8, 4) is 0 Å². The number of hydrogen-bond donors (Lipinski definition) is 1. The Kier molecular flexibility index (Phi) is 8.41. The molecule has 1 saturated carbocycles. The Morgan fingerprint density at radius 1 is 1.15 bits per heavy atom. The zero-order valence-electron chi connectivity index (χ0n) is 17.5. The zero-order chi connectivity index (χ0) is 24.0. The average Bonchev–Trinajstić information content (AvgIpc) is 2.79. The Bertz CT molecular complexity index is 1150. The molecule has 0 radical (unpaired) electrons. The van der Waals surface area contributed by atoms with Crippen molar-refractivity contribution < 1.29 is 18.1 Å². The van der Waals surface area contributed by atoms with Crippen LogP contribution in [0.1, 0.15) is 37.7 Å². The number of carbonyl (C=O) groups is 1. The average molecular weight is 513 g/mol. The first-order valence-corrected chi connectivity index (χ1v) is 12.4. The number of non-ortho nitro benzene ring substituents is 1. The van der Waals surface area contributed by atoms with E-state index in [4.69, 9.17) is 23.2 Å². The van der Waals surface area contributed by atoms with Crippen LogP contribution in [-0.4, -0.2) is 42.4 Å². The molecule has 0 spiro atoms. The standard InChI is InChI=1S/C21H22Cl2N4O5S/c22-16-6-9-19(10-7-16)33(31,32)26(17-4-2-1-3-5-17)14-21(28)25-24-13-15-12-18(27(29)30)8-11-20(15)23/h6-13,17H,1-5,14H2,(H,25,28)/b24-13-. The minimum absolute atomic E-state index is 0.0529. The van der Waals surface area contributed by atoms with Crippen LogP contribution in [0.5, 0.6) is 0 Å². The largest absolute Gasteiger partial charge is 0.272 e. The summed E-state index contributed by atoms with van der Waals surface area (Å²) in [5, 5.41) is 15.3. The van der Waals surface area contributed by atoms with Crippen LogP contribution in [0.15, 0.2) is 52.5 Å². The van der Waals surface area contributed by atoms with Crippen molar-refractivity contribution in [3.05, 3.63) is 68.2 Å². The van der Waals surface area contributed by atoms with Crippen LogP contribution >= 0.6 is 23.2 Å². The predicted octanol–water partition coefficient (Wildman–Crippen LogP) is 4.38. The SMILES string of the molecule is O=C(CN(C1CCCCC1)S(=O)(=O)c1ccc(Cl)cc1)N/N=C\c1cc([N+](=O)[O-])ccc1Cl. The molecule has 0 aromatic heterocycles. The third-order valence-corrected chi connectivity index (χ3v) is 7.79. The fraction of sp³-hybridized carbons (Fsp3) is 0.333.